The van der Waals surface area contributed by atoms with Gasteiger partial charge in [-0.1, -0.05) is 13.8 Å². The topological polar surface area (TPSA) is 94.0 Å². The lowest BCUT2D eigenvalue weighted by Gasteiger charge is -2.16. The van der Waals surface area contributed by atoms with E-state index in [-0.39, 0.29) is 17.9 Å². The van der Waals surface area contributed by atoms with Crippen LogP contribution < -0.4 is 11.1 Å². The molecule has 21 heavy (non-hydrogen) atoms. The van der Waals surface area contributed by atoms with Gasteiger partial charge in [0.15, 0.2) is 0 Å². The number of hydrogen-bond acceptors (Lipinski definition) is 5. The first-order chi connectivity index (χ1) is 9.97. The predicted octanol–water partition coefficient (Wildman–Crippen LogP) is 2.36. The van der Waals surface area contributed by atoms with Crippen molar-refractivity contribution in [2.75, 3.05) is 5.32 Å². The van der Waals surface area contributed by atoms with Crippen molar-refractivity contribution in [3.63, 3.8) is 0 Å². The molecule has 2 rings (SSSR count). The second-order valence-corrected chi connectivity index (χ2v) is 5.43. The Hall–Kier alpha value is -2.21. The van der Waals surface area contributed by atoms with Crippen LogP contribution in [0, 0.1) is 12.8 Å². The van der Waals surface area contributed by atoms with Crippen LogP contribution in [-0.2, 0) is 4.79 Å². The Bertz CT molecular complexity index is 608. The smallest absolute Gasteiger partial charge is 0.247 e. The number of carbonyl (C=O) groups excluding carboxylic acids is 1. The van der Waals surface area contributed by atoms with Gasteiger partial charge in [0, 0.05) is 23.7 Å². The van der Waals surface area contributed by atoms with Gasteiger partial charge in [-0.15, -0.1) is 10.2 Å². The average Bonchev–Trinajstić information content (AvgIpc) is 2.94. The zero-order valence-electron chi connectivity index (χ0n) is 12.5. The van der Waals surface area contributed by atoms with E-state index in [2.05, 4.69) is 15.5 Å². The van der Waals surface area contributed by atoms with Gasteiger partial charge in [-0.25, -0.2) is 0 Å². The number of anilines is 1. The van der Waals surface area contributed by atoms with Crippen molar-refractivity contribution >= 4 is 11.6 Å². The summed E-state index contributed by atoms with van der Waals surface area (Å²) in [4.78, 5) is 12.0. The zero-order valence-corrected chi connectivity index (χ0v) is 12.5. The summed E-state index contributed by atoms with van der Waals surface area (Å²) < 4.78 is 5.15. The Morgan fingerprint density at radius 2 is 2.19 bits per heavy atom. The van der Waals surface area contributed by atoms with E-state index < -0.39 is 0 Å². The van der Waals surface area contributed by atoms with Gasteiger partial charge in [-0.3, -0.25) is 4.79 Å². The molecule has 1 aromatic carbocycles. The van der Waals surface area contributed by atoms with E-state index >= 15 is 0 Å². The van der Waals surface area contributed by atoms with Crippen molar-refractivity contribution in [1.29, 1.82) is 0 Å². The number of nitrogens with zero attached hydrogens (tertiary/aromatic N) is 2. The molecule has 0 radical (unpaired) electrons. The molecule has 0 spiro atoms. The zero-order chi connectivity index (χ0) is 15.4. The Morgan fingerprint density at radius 3 is 2.76 bits per heavy atom. The Kier molecular flexibility index (Phi) is 4.70. The normalized spacial score (nSPS) is 12.4. The molecule has 6 heteroatoms. The minimum absolute atomic E-state index is 0.0789. The van der Waals surface area contributed by atoms with E-state index in [1.165, 1.54) is 6.39 Å². The van der Waals surface area contributed by atoms with Gasteiger partial charge in [0.05, 0.1) is 0 Å². The van der Waals surface area contributed by atoms with Gasteiger partial charge in [0.1, 0.15) is 0 Å². The van der Waals surface area contributed by atoms with Crippen molar-refractivity contribution in [2.24, 2.45) is 11.7 Å². The highest BCUT2D eigenvalue weighted by atomic mass is 16.4. The summed E-state index contributed by atoms with van der Waals surface area (Å²) in [7, 11) is 0. The molecule has 1 amide bonds. The standard InChI is InChI=1S/C15H20N4O2/c1-9(2)12(16)7-14(20)18-13-5-4-11(6-10(13)3)15-19-17-8-21-15/h4-6,8-9,12H,7,16H2,1-3H3,(H,18,20). The maximum atomic E-state index is 12.0. The lowest BCUT2D eigenvalue weighted by molar-refractivity contribution is -0.116. The first-order valence-corrected chi connectivity index (χ1v) is 6.90. The first-order valence-electron chi connectivity index (χ1n) is 6.90. The van der Waals surface area contributed by atoms with E-state index in [1.54, 1.807) is 0 Å². The van der Waals surface area contributed by atoms with Gasteiger partial charge < -0.3 is 15.5 Å². The summed E-state index contributed by atoms with van der Waals surface area (Å²) in [6.07, 6.45) is 1.59. The number of aryl methyl sites for hydroxylation is 1. The second kappa shape index (κ2) is 6.49. The summed E-state index contributed by atoms with van der Waals surface area (Å²) in [5, 5.41) is 10.4. The number of nitrogens with one attached hydrogen (secondary N) is 1. The van der Waals surface area contributed by atoms with Crippen LogP contribution in [0.2, 0.25) is 0 Å². The maximum Gasteiger partial charge on any atom is 0.247 e. The van der Waals surface area contributed by atoms with Crippen LogP contribution in [-0.4, -0.2) is 22.1 Å². The molecule has 1 unspecified atom stereocenters. The van der Waals surface area contributed by atoms with E-state index in [9.17, 15) is 4.79 Å². The number of benzene rings is 1. The lowest BCUT2D eigenvalue weighted by atomic mass is 10.0. The fourth-order valence-electron chi connectivity index (χ4n) is 1.89. The van der Waals surface area contributed by atoms with Crippen molar-refractivity contribution in [3.8, 4) is 11.5 Å². The van der Waals surface area contributed by atoms with E-state index in [4.69, 9.17) is 10.2 Å². The molecular weight excluding hydrogens is 268 g/mol. The highest BCUT2D eigenvalue weighted by molar-refractivity contribution is 5.92. The third-order valence-electron chi connectivity index (χ3n) is 3.38. The summed E-state index contributed by atoms with van der Waals surface area (Å²) in [6, 6.07) is 5.42. The summed E-state index contributed by atoms with van der Waals surface area (Å²) >= 11 is 0. The molecule has 3 N–H and O–H groups in total. The fraction of sp³-hybridized carbons (Fsp3) is 0.400. The average molecular weight is 288 g/mol. The monoisotopic (exact) mass is 288 g/mol. The van der Waals surface area contributed by atoms with E-state index in [0.717, 1.165) is 16.8 Å². The Morgan fingerprint density at radius 1 is 1.43 bits per heavy atom. The molecule has 0 bridgehead atoms. The van der Waals surface area contributed by atoms with Gasteiger partial charge in [-0.2, -0.15) is 0 Å². The van der Waals surface area contributed by atoms with Crippen LogP contribution >= 0.6 is 0 Å². The Labute approximate surface area is 123 Å². The molecule has 1 heterocycles. The fourth-order valence-corrected chi connectivity index (χ4v) is 1.89. The number of amides is 1. The highest BCUT2D eigenvalue weighted by Crippen LogP contribution is 2.23. The molecule has 1 aromatic heterocycles. The van der Waals surface area contributed by atoms with Crippen LogP contribution in [0.25, 0.3) is 11.5 Å². The summed E-state index contributed by atoms with van der Waals surface area (Å²) in [5.74, 6) is 0.652. The predicted molar refractivity (Wildman–Crippen MR) is 80.5 cm³/mol. The molecule has 112 valence electrons. The summed E-state index contributed by atoms with van der Waals surface area (Å²) in [6.45, 7) is 5.92. The minimum Gasteiger partial charge on any atom is -0.423 e. The van der Waals surface area contributed by atoms with Gasteiger partial charge in [-0.05, 0) is 36.6 Å². The van der Waals surface area contributed by atoms with Crippen LogP contribution in [0.1, 0.15) is 25.8 Å². The van der Waals surface area contributed by atoms with Crippen molar-refractivity contribution in [1.82, 2.24) is 10.2 Å². The van der Waals surface area contributed by atoms with Gasteiger partial charge in [0.25, 0.3) is 0 Å². The maximum absolute atomic E-state index is 12.0. The third kappa shape index (κ3) is 3.88. The first kappa shape index (κ1) is 15.2. The lowest BCUT2D eigenvalue weighted by Crippen LogP contribution is -2.31. The largest absolute Gasteiger partial charge is 0.423 e. The van der Waals surface area contributed by atoms with Crippen LogP contribution in [0.3, 0.4) is 0 Å². The van der Waals surface area contributed by atoms with E-state index in [0.29, 0.717) is 12.3 Å². The second-order valence-electron chi connectivity index (χ2n) is 5.43. The molecule has 0 aliphatic rings. The number of hydrogen-bond donors (Lipinski definition) is 2. The minimum atomic E-state index is -0.136. The number of carbonyl (C=O) groups is 1. The van der Waals surface area contributed by atoms with Gasteiger partial charge in [0.2, 0.25) is 18.2 Å². The molecule has 0 aliphatic carbocycles. The number of nitrogens with two attached hydrogens (primary N) is 1. The molecule has 0 aliphatic heterocycles. The number of rotatable bonds is 5. The molecule has 0 saturated heterocycles. The number of aromatic nitrogens is 2. The quantitative estimate of drug-likeness (QED) is 0.880. The van der Waals surface area contributed by atoms with Crippen LogP contribution in [0.15, 0.2) is 29.0 Å². The highest BCUT2D eigenvalue weighted by Gasteiger charge is 2.14. The molecule has 2 aromatic rings. The SMILES string of the molecule is Cc1cc(-c2nnco2)ccc1NC(=O)CC(N)C(C)C. The molecule has 0 saturated carbocycles. The van der Waals surface area contributed by atoms with E-state index in [1.807, 2.05) is 39.0 Å². The summed E-state index contributed by atoms with van der Waals surface area (Å²) in [5.41, 5.74) is 8.42. The Balaban J connectivity index is 2.06. The molecule has 6 nitrogen and oxygen atoms in total. The molecular formula is C15H20N4O2. The van der Waals surface area contributed by atoms with Crippen molar-refractivity contribution in [3.05, 3.63) is 30.2 Å². The molecule has 0 fully saturated rings. The van der Waals surface area contributed by atoms with Crippen molar-refractivity contribution in [2.45, 2.75) is 33.2 Å². The third-order valence-corrected chi connectivity index (χ3v) is 3.38. The van der Waals surface area contributed by atoms with Crippen molar-refractivity contribution < 1.29 is 9.21 Å². The van der Waals surface area contributed by atoms with Crippen LogP contribution in [0.4, 0.5) is 5.69 Å². The van der Waals surface area contributed by atoms with Gasteiger partial charge >= 0.3 is 0 Å². The molecule has 1 atom stereocenters. The van der Waals surface area contributed by atoms with Crippen LogP contribution in [0.5, 0.6) is 0 Å².